The van der Waals surface area contributed by atoms with Crippen molar-refractivity contribution in [2.24, 2.45) is 5.73 Å². The Kier molecular flexibility index (Phi) is 3.71. The number of para-hydroxylation sites is 1. The van der Waals surface area contributed by atoms with E-state index in [0.29, 0.717) is 11.3 Å². The number of aliphatic hydroxyl groups is 1. The largest absolute Gasteiger partial charge is 0.391 e. The van der Waals surface area contributed by atoms with Gasteiger partial charge in [0.2, 0.25) is 5.91 Å². The topological polar surface area (TPSA) is 95.7 Å². The number of hydrogen-bond acceptors (Lipinski definition) is 4. The number of nitrogens with two attached hydrogens (primary N) is 1. The van der Waals surface area contributed by atoms with Gasteiger partial charge in [-0.15, -0.1) is 0 Å². The molecule has 1 fully saturated rings. The highest BCUT2D eigenvalue weighted by Crippen LogP contribution is 2.23. The molecular weight excluding hydrogens is 246 g/mol. The van der Waals surface area contributed by atoms with E-state index in [2.05, 4.69) is 5.32 Å². The van der Waals surface area contributed by atoms with E-state index < -0.39 is 18.1 Å². The standard InChI is InChI=1S/C13H17N3O3/c1-15-10-5-3-2-4-9(10)13(19)16-7-8(17)6-11(16)12(14)18/h2-5,8,11,15,17H,6-7H2,1H3,(H2,14,18). The number of nitrogens with zero attached hydrogens (tertiary/aromatic N) is 1. The summed E-state index contributed by atoms with van der Waals surface area (Å²) in [4.78, 5) is 25.1. The van der Waals surface area contributed by atoms with Crippen LogP contribution in [0, 0.1) is 0 Å². The van der Waals surface area contributed by atoms with E-state index in [4.69, 9.17) is 5.73 Å². The molecule has 1 saturated heterocycles. The van der Waals surface area contributed by atoms with Crippen molar-refractivity contribution in [3.63, 3.8) is 0 Å². The van der Waals surface area contributed by atoms with Crippen molar-refractivity contribution in [2.45, 2.75) is 18.6 Å². The molecule has 1 heterocycles. The molecule has 2 amide bonds. The van der Waals surface area contributed by atoms with Crippen molar-refractivity contribution in [1.82, 2.24) is 4.90 Å². The first-order valence-electron chi connectivity index (χ1n) is 6.09. The Balaban J connectivity index is 2.30. The highest BCUT2D eigenvalue weighted by Gasteiger charge is 2.38. The van der Waals surface area contributed by atoms with Gasteiger partial charge in [-0.05, 0) is 12.1 Å². The lowest BCUT2D eigenvalue weighted by Gasteiger charge is -2.23. The van der Waals surface area contributed by atoms with Crippen LogP contribution < -0.4 is 11.1 Å². The number of aliphatic hydroxyl groups excluding tert-OH is 1. The molecule has 102 valence electrons. The molecule has 6 nitrogen and oxygen atoms in total. The van der Waals surface area contributed by atoms with Crippen molar-refractivity contribution in [1.29, 1.82) is 0 Å². The van der Waals surface area contributed by atoms with E-state index in [-0.39, 0.29) is 18.9 Å². The maximum Gasteiger partial charge on any atom is 0.256 e. The van der Waals surface area contributed by atoms with Gasteiger partial charge in [-0.2, -0.15) is 0 Å². The molecule has 0 aromatic heterocycles. The second kappa shape index (κ2) is 5.27. The Labute approximate surface area is 111 Å². The van der Waals surface area contributed by atoms with Crippen molar-refractivity contribution in [3.05, 3.63) is 29.8 Å². The molecule has 2 atom stereocenters. The smallest absolute Gasteiger partial charge is 0.256 e. The van der Waals surface area contributed by atoms with Crippen molar-refractivity contribution in [2.75, 3.05) is 18.9 Å². The van der Waals surface area contributed by atoms with Gasteiger partial charge in [0.05, 0.1) is 11.7 Å². The molecule has 19 heavy (non-hydrogen) atoms. The summed E-state index contributed by atoms with van der Waals surface area (Å²) in [5.74, 6) is -0.892. The number of hydrogen-bond donors (Lipinski definition) is 3. The van der Waals surface area contributed by atoms with E-state index in [1.165, 1.54) is 4.90 Å². The third-order valence-corrected chi connectivity index (χ3v) is 3.30. The van der Waals surface area contributed by atoms with Gasteiger partial charge in [0.15, 0.2) is 0 Å². The average Bonchev–Trinajstić information content (AvgIpc) is 2.80. The van der Waals surface area contributed by atoms with Gasteiger partial charge in [-0.1, -0.05) is 12.1 Å². The SMILES string of the molecule is CNc1ccccc1C(=O)N1CC(O)CC1C(N)=O. The van der Waals surface area contributed by atoms with E-state index >= 15 is 0 Å². The summed E-state index contributed by atoms with van der Waals surface area (Å²) < 4.78 is 0. The molecule has 0 aliphatic carbocycles. The third-order valence-electron chi connectivity index (χ3n) is 3.30. The van der Waals surface area contributed by atoms with Crippen LogP contribution in [-0.2, 0) is 4.79 Å². The summed E-state index contributed by atoms with van der Waals surface area (Å²) in [6.07, 6.45) is -0.508. The predicted octanol–water partition coefficient (Wildman–Crippen LogP) is -0.211. The van der Waals surface area contributed by atoms with E-state index in [9.17, 15) is 14.7 Å². The number of benzene rings is 1. The molecular formula is C13H17N3O3. The fourth-order valence-electron chi connectivity index (χ4n) is 2.35. The molecule has 0 bridgehead atoms. The van der Waals surface area contributed by atoms with Crippen LogP contribution in [0.15, 0.2) is 24.3 Å². The minimum Gasteiger partial charge on any atom is -0.391 e. The first-order chi connectivity index (χ1) is 9.04. The Morgan fingerprint density at radius 3 is 2.74 bits per heavy atom. The lowest BCUT2D eigenvalue weighted by atomic mass is 10.1. The predicted molar refractivity (Wildman–Crippen MR) is 70.6 cm³/mol. The fraction of sp³-hybridized carbons (Fsp3) is 0.385. The number of carbonyl (C=O) groups is 2. The quantitative estimate of drug-likeness (QED) is 0.703. The minimum absolute atomic E-state index is 0.129. The highest BCUT2D eigenvalue weighted by atomic mass is 16.3. The van der Waals surface area contributed by atoms with Gasteiger partial charge in [-0.25, -0.2) is 0 Å². The maximum atomic E-state index is 12.5. The Morgan fingerprint density at radius 2 is 2.11 bits per heavy atom. The van der Waals surface area contributed by atoms with Gasteiger partial charge in [0, 0.05) is 25.7 Å². The Hall–Kier alpha value is -2.08. The molecule has 1 aromatic carbocycles. The molecule has 2 rings (SSSR count). The maximum absolute atomic E-state index is 12.5. The molecule has 1 aromatic rings. The second-order valence-electron chi connectivity index (χ2n) is 4.56. The summed E-state index contributed by atoms with van der Waals surface area (Å²) >= 11 is 0. The highest BCUT2D eigenvalue weighted by molar-refractivity contribution is 6.02. The molecule has 0 spiro atoms. The van der Waals surface area contributed by atoms with Gasteiger partial charge in [0.1, 0.15) is 6.04 Å². The van der Waals surface area contributed by atoms with Gasteiger partial charge >= 0.3 is 0 Å². The molecule has 2 unspecified atom stereocenters. The van der Waals surface area contributed by atoms with Crippen molar-refractivity contribution in [3.8, 4) is 0 Å². The first-order valence-corrected chi connectivity index (χ1v) is 6.09. The lowest BCUT2D eigenvalue weighted by Crippen LogP contribution is -2.43. The number of primary amides is 1. The van der Waals surface area contributed by atoms with E-state index in [1.807, 2.05) is 6.07 Å². The summed E-state index contributed by atoms with van der Waals surface area (Å²) in [5.41, 5.74) is 6.42. The van der Waals surface area contributed by atoms with E-state index in [0.717, 1.165) is 0 Å². The molecule has 0 radical (unpaired) electrons. The van der Waals surface area contributed by atoms with Gasteiger partial charge in [0.25, 0.3) is 5.91 Å². The zero-order valence-electron chi connectivity index (χ0n) is 10.7. The van der Waals surface area contributed by atoms with Crippen LogP contribution in [0.3, 0.4) is 0 Å². The van der Waals surface area contributed by atoms with Crippen molar-refractivity contribution >= 4 is 17.5 Å². The zero-order chi connectivity index (χ0) is 14.0. The van der Waals surface area contributed by atoms with Crippen LogP contribution in [0.25, 0.3) is 0 Å². The summed E-state index contributed by atoms with van der Waals surface area (Å²) in [6.45, 7) is 0.129. The Bertz CT molecular complexity index is 504. The second-order valence-corrected chi connectivity index (χ2v) is 4.56. The molecule has 4 N–H and O–H groups in total. The molecule has 1 aliphatic heterocycles. The van der Waals surface area contributed by atoms with Crippen LogP contribution in [0.1, 0.15) is 16.8 Å². The molecule has 1 aliphatic rings. The monoisotopic (exact) mass is 263 g/mol. The van der Waals surface area contributed by atoms with Crippen LogP contribution in [0.4, 0.5) is 5.69 Å². The minimum atomic E-state index is -0.743. The van der Waals surface area contributed by atoms with Crippen molar-refractivity contribution < 1.29 is 14.7 Å². The number of amides is 2. The van der Waals surface area contributed by atoms with Gasteiger partial charge < -0.3 is 21.1 Å². The molecule has 6 heteroatoms. The molecule has 0 saturated carbocycles. The summed E-state index contributed by atoms with van der Waals surface area (Å²) in [7, 11) is 1.72. The summed E-state index contributed by atoms with van der Waals surface area (Å²) in [5, 5.41) is 12.6. The summed E-state index contributed by atoms with van der Waals surface area (Å²) in [6, 6.07) is 6.27. The fourth-order valence-corrected chi connectivity index (χ4v) is 2.35. The Morgan fingerprint density at radius 1 is 1.42 bits per heavy atom. The van der Waals surface area contributed by atoms with Crippen LogP contribution in [0.2, 0.25) is 0 Å². The first kappa shape index (κ1) is 13.4. The number of β-amino-alcohol motifs (C(OH)–C–C–N with tert-alkyl or cyclic N) is 1. The van der Waals surface area contributed by atoms with Crippen LogP contribution in [0.5, 0.6) is 0 Å². The normalized spacial score (nSPS) is 22.3. The van der Waals surface area contributed by atoms with Gasteiger partial charge in [-0.3, -0.25) is 9.59 Å². The van der Waals surface area contributed by atoms with Crippen LogP contribution in [-0.4, -0.2) is 47.6 Å². The van der Waals surface area contributed by atoms with E-state index in [1.54, 1.807) is 25.2 Å². The number of rotatable bonds is 3. The zero-order valence-corrected chi connectivity index (χ0v) is 10.7. The average molecular weight is 263 g/mol. The number of nitrogens with one attached hydrogen (secondary N) is 1. The number of carbonyl (C=O) groups excluding carboxylic acids is 2. The third kappa shape index (κ3) is 2.53. The number of likely N-dealkylation sites (tertiary alicyclic amines) is 1. The number of anilines is 1. The van der Waals surface area contributed by atoms with Crippen LogP contribution >= 0.6 is 0 Å². The lowest BCUT2D eigenvalue weighted by molar-refractivity contribution is -0.121.